The number of pyridine rings is 1. The average Bonchev–Trinajstić information content (AvgIpc) is 2.55. The molecule has 2 heteroatoms. The summed E-state index contributed by atoms with van der Waals surface area (Å²) in [5.41, 5.74) is 2.39. The molecule has 0 bridgehead atoms. The van der Waals surface area contributed by atoms with Crippen molar-refractivity contribution in [3.63, 3.8) is 0 Å². The van der Waals surface area contributed by atoms with Gasteiger partial charge in [0.1, 0.15) is 5.82 Å². The van der Waals surface area contributed by atoms with Crippen LogP contribution in [0.4, 0.5) is 11.5 Å². The zero-order chi connectivity index (χ0) is 14.9. The van der Waals surface area contributed by atoms with Crippen LogP contribution < -0.4 is 5.32 Å². The summed E-state index contributed by atoms with van der Waals surface area (Å²) >= 11 is 0. The van der Waals surface area contributed by atoms with Gasteiger partial charge in [-0.05, 0) is 35.9 Å². The summed E-state index contributed by atoms with van der Waals surface area (Å²) in [5.74, 6) is 0.862. The van der Waals surface area contributed by atoms with E-state index in [2.05, 4.69) is 65.8 Å². The molecule has 4 aromatic rings. The second kappa shape index (κ2) is 5.15. The smallest absolute Gasteiger partial charge is 0.130 e. The summed E-state index contributed by atoms with van der Waals surface area (Å²) in [7, 11) is 0. The number of hydrogen-bond acceptors (Lipinski definition) is 2. The van der Waals surface area contributed by atoms with Crippen LogP contribution in [0.1, 0.15) is 5.56 Å². The van der Waals surface area contributed by atoms with Crippen LogP contribution in [0.2, 0.25) is 0 Å². The summed E-state index contributed by atoms with van der Waals surface area (Å²) in [6.45, 7) is 2.13. The summed E-state index contributed by atoms with van der Waals surface area (Å²) in [6, 6.07) is 23.2. The summed E-state index contributed by atoms with van der Waals surface area (Å²) in [4.78, 5) is 4.39. The van der Waals surface area contributed by atoms with Crippen molar-refractivity contribution < 1.29 is 0 Å². The number of fused-ring (bicyclic) bond motifs is 2. The standard InChI is InChI=1S/C20H16N2/c1-14-9-10-18-16(12-14)13-15-6-2-3-7-17(15)20(18)22-19-8-4-5-11-21-19/h2-13H,1H3,(H,21,22). The number of anilines is 2. The Balaban J connectivity index is 2.03. The Morgan fingerprint density at radius 3 is 2.45 bits per heavy atom. The van der Waals surface area contributed by atoms with Crippen LogP contribution in [-0.4, -0.2) is 4.98 Å². The highest BCUT2D eigenvalue weighted by Gasteiger charge is 2.08. The molecule has 0 radical (unpaired) electrons. The normalized spacial score (nSPS) is 11.0. The van der Waals surface area contributed by atoms with E-state index in [0.717, 1.165) is 11.5 Å². The van der Waals surface area contributed by atoms with E-state index in [0.29, 0.717) is 0 Å². The van der Waals surface area contributed by atoms with Crippen molar-refractivity contribution in [2.45, 2.75) is 6.92 Å². The average molecular weight is 284 g/mol. The quantitative estimate of drug-likeness (QED) is 0.496. The molecule has 0 aliphatic rings. The second-order valence-electron chi connectivity index (χ2n) is 5.54. The molecule has 0 aliphatic heterocycles. The predicted molar refractivity (Wildman–Crippen MR) is 93.7 cm³/mol. The van der Waals surface area contributed by atoms with Crippen molar-refractivity contribution in [2.75, 3.05) is 5.32 Å². The molecule has 0 fully saturated rings. The third kappa shape index (κ3) is 2.19. The Morgan fingerprint density at radius 1 is 0.773 bits per heavy atom. The molecule has 1 heterocycles. The first-order chi connectivity index (χ1) is 10.8. The molecule has 0 saturated carbocycles. The fraction of sp³-hybridized carbons (Fsp3) is 0.0500. The van der Waals surface area contributed by atoms with E-state index in [9.17, 15) is 0 Å². The largest absolute Gasteiger partial charge is 0.339 e. The van der Waals surface area contributed by atoms with Crippen LogP contribution in [0.25, 0.3) is 21.5 Å². The van der Waals surface area contributed by atoms with Gasteiger partial charge in [-0.3, -0.25) is 0 Å². The van der Waals surface area contributed by atoms with Crippen molar-refractivity contribution in [1.29, 1.82) is 0 Å². The monoisotopic (exact) mass is 284 g/mol. The van der Waals surface area contributed by atoms with Gasteiger partial charge in [-0.25, -0.2) is 4.98 Å². The molecule has 2 nitrogen and oxygen atoms in total. The fourth-order valence-corrected chi connectivity index (χ4v) is 2.89. The maximum Gasteiger partial charge on any atom is 0.130 e. The maximum absolute atomic E-state index is 4.39. The molecular weight excluding hydrogens is 268 g/mol. The Hall–Kier alpha value is -2.87. The van der Waals surface area contributed by atoms with Gasteiger partial charge in [0.25, 0.3) is 0 Å². The van der Waals surface area contributed by atoms with Crippen LogP contribution in [0.15, 0.2) is 72.9 Å². The number of hydrogen-bond donors (Lipinski definition) is 1. The van der Waals surface area contributed by atoms with Crippen molar-refractivity contribution >= 4 is 33.1 Å². The van der Waals surface area contributed by atoms with E-state index >= 15 is 0 Å². The summed E-state index contributed by atoms with van der Waals surface area (Å²) in [6.07, 6.45) is 1.81. The van der Waals surface area contributed by atoms with E-state index in [1.165, 1.54) is 27.1 Å². The van der Waals surface area contributed by atoms with Crippen molar-refractivity contribution in [3.05, 3.63) is 78.5 Å². The molecule has 0 amide bonds. The first kappa shape index (κ1) is 12.8. The van der Waals surface area contributed by atoms with E-state index < -0.39 is 0 Å². The maximum atomic E-state index is 4.39. The lowest BCUT2D eigenvalue weighted by Crippen LogP contribution is -1.95. The summed E-state index contributed by atoms with van der Waals surface area (Å²) < 4.78 is 0. The van der Waals surface area contributed by atoms with Gasteiger partial charge in [0.2, 0.25) is 0 Å². The SMILES string of the molecule is Cc1ccc2c(Nc3ccccn3)c3ccccc3cc2c1. The zero-order valence-corrected chi connectivity index (χ0v) is 12.4. The van der Waals surface area contributed by atoms with E-state index in [4.69, 9.17) is 0 Å². The highest BCUT2D eigenvalue weighted by molar-refractivity contribution is 6.12. The highest BCUT2D eigenvalue weighted by Crippen LogP contribution is 2.34. The first-order valence-electron chi connectivity index (χ1n) is 7.41. The lowest BCUT2D eigenvalue weighted by atomic mass is 9.99. The highest BCUT2D eigenvalue weighted by atomic mass is 15.0. The third-order valence-corrected chi connectivity index (χ3v) is 3.94. The van der Waals surface area contributed by atoms with Crippen LogP contribution in [0, 0.1) is 6.92 Å². The van der Waals surface area contributed by atoms with Crippen molar-refractivity contribution in [1.82, 2.24) is 4.98 Å². The molecule has 106 valence electrons. The third-order valence-electron chi connectivity index (χ3n) is 3.94. The molecule has 3 aromatic carbocycles. The van der Waals surface area contributed by atoms with Gasteiger partial charge in [-0.15, -0.1) is 0 Å². The fourth-order valence-electron chi connectivity index (χ4n) is 2.89. The summed E-state index contributed by atoms with van der Waals surface area (Å²) in [5, 5.41) is 8.41. The van der Waals surface area contributed by atoms with Gasteiger partial charge in [0.15, 0.2) is 0 Å². The molecule has 0 unspecified atom stereocenters. The molecule has 4 rings (SSSR count). The van der Waals surface area contributed by atoms with Gasteiger partial charge >= 0.3 is 0 Å². The second-order valence-corrected chi connectivity index (χ2v) is 5.54. The number of benzene rings is 3. The van der Waals surface area contributed by atoms with Crippen LogP contribution in [0.5, 0.6) is 0 Å². The molecule has 22 heavy (non-hydrogen) atoms. The molecule has 0 saturated heterocycles. The minimum Gasteiger partial charge on any atom is -0.339 e. The van der Waals surface area contributed by atoms with E-state index in [1.807, 2.05) is 18.2 Å². The zero-order valence-electron chi connectivity index (χ0n) is 12.4. The molecular formula is C20H16N2. The predicted octanol–water partition coefficient (Wildman–Crippen LogP) is 5.44. The Morgan fingerprint density at radius 2 is 1.59 bits per heavy atom. The molecule has 1 N–H and O–H groups in total. The van der Waals surface area contributed by atoms with Gasteiger partial charge < -0.3 is 5.32 Å². The number of aryl methyl sites for hydroxylation is 1. The number of aromatic nitrogens is 1. The Bertz CT molecular complexity index is 959. The molecule has 0 aliphatic carbocycles. The van der Waals surface area contributed by atoms with Crippen LogP contribution in [0.3, 0.4) is 0 Å². The van der Waals surface area contributed by atoms with Gasteiger partial charge in [0.05, 0.1) is 5.69 Å². The van der Waals surface area contributed by atoms with Crippen molar-refractivity contribution in [2.24, 2.45) is 0 Å². The van der Waals surface area contributed by atoms with Crippen LogP contribution >= 0.6 is 0 Å². The Kier molecular flexibility index (Phi) is 3.01. The van der Waals surface area contributed by atoms with Crippen molar-refractivity contribution in [3.8, 4) is 0 Å². The van der Waals surface area contributed by atoms with E-state index in [1.54, 1.807) is 6.20 Å². The number of nitrogens with zero attached hydrogens (tertiary/aromatic N) is 1. The Labute approximate surface area is 129 Å². The number of nitrogens with one attached hydrogen (secondary N) is 1. The lowest BCUT2D eigenvalue weighted by molar-refractivity contribution is 1.31. The van der Waals surface area contributed by atoms with Gasteiger partial charge in [-0.2, -0.15) is 0 Å². The van der Waals surface area contributed by atoms with Crippen LogP contribution in [-0.2, 0) is 0 Å². The van der Waals surface area contributed by atoms with E-state index in [-0.39, 0.29) is 0 Å². The van der Waals surface area contributed by atoms with Gasteiger partial charge in [0, 0.05) is 17.0 Å². The number of rotatable bonds is 2. The molecule has 0 atom stereocenters. The molecule has 0 spiro atoms. The molecule has 1 aromatic heterocycles. The topological polar surface area (TPSA) is 24.9 Å². The lowest BCUT2D eigenvalue weighted by Gasteiger charge is -2.13. The minimum absolute atomic E-state index is 0.862. The van der Waals surface area contributed by atoms with Gasteiger partial charge in [-0.1, -0.05) is 54.1 Å². The minimum atomic E-state index is 0.862. The first-order valence-corrected chi connectivity index (χ1v) is 7.41.